The second-order valence-electron chi connectivity index (χ2n) is 2.46. The summed E-state index contributed by atoms with van der Waals surface area (Å²) in [5.74, 6) is 0. The quantitative estimate of drug-likeness (QED) is 0.352. The zero-order valence-electron chi connectivity index (χ0n) is 8.77. The highest BCUT2D eigenvalue weighted by Gasteiger charge is 1.89. The first-order chi connectivity index (χ1) is 7.24. The van der Waals surface area contributed by atoms with Gasteiger partial charge in [0.05, 0.1) is 0 Å². The van der Waals surface area contributed by atoms with Gasteiger partial charge in [0.2, 0.25) is 0 Å². The molecule has 0 unspecified atom stereocenters. The van der Waals surface area contributed by atoms with E-state index in [1.165, 1.54) is 7.11 Å². The monoisotopic (exact) mass is 230 g/mol. The zero-order chi connectivity index (χ0) is 11.5. The molecule has 0 aliphatic carbocycles. The van der Waals surface area contributed by atoms with Gasteiger partial charge in [-0.1, -0.05) is 22.8 Å². The zero-order valence-corrected chi connectivity index (χ0v) is 9.53. The van der Waals surface area contributed by atoms with Gasteiger partial charge >= 0.3 is 0 Å². The van der Waals surface area contributed by atoms with Gasteiger partial charge in [-0.2, -0.15) is 0 Å². The molecule has 6 heteroatoms. The highest BCUT2D eigenvalue weighted by Crippen LogP contribution is 2.04. The van der Waals surface area contributed by atoms with E-state index in [1.54, 1.807) is 12.3 Å². The molecule has 1 rings (SSSR count). The molecule has 0 aliphatic heterocycles. The molecule has 1 aromatic rings. The number of nitrogens with one attached hydrogen (secondary N) is 1. The van der Waals surface area contributed by atoms with Crippen molar-refractivity contribution in [3.05, 3.63) is 29.0 Å². The summed E-state index contributed by atoms with van der Waals surface area (Å²) in [6.07, 6.45) is 2.85. The third-order valence-corrected chi connectivity index (χ3v) is 1.56. The Hall–Kier alpha value is -1.33. The molecule has 0 atom stereocenters. The predicted octanol–water partition coefficient (Wildman–Crippen LogP) is 0.989. The Kier molecular flexibility index (Phi) is 8.42. The molecule has 84 valence electrons. The summed E-state index contributed by atoms with van der Waals surface area (Å²) in [4.78, 5) is 8.06. The van der Waals surface area contributed by atoms with Crippen LogP contribution in [0.15, 0.2) is 23.5 Å². The van der Waals surface area contributed by atoms with Crippen molar-refractivity contribution in [1.29, 1.82) is 0 Å². The second-order valence-corrected chi connectivity index (χ2v) is 2.84. The van der Waals surface area contributed by atoms with Crippen LogP contribution < -0.4 is 11.1 Å². The van der Waals surface area contributed by atoms with E-state index in [2.05, 4.69) is 20.3 Å². The van der Waals surface area contributed by atoms with E-state index in [9.17, 15) is 0 Å². The third kappa shape index (κ3) is 7.72. The van der Waals surface area contributed by atoms with Crippen molar-refractivity contribution in [2.45, 2.75) is 6.54 Å². The molecule has 0 fully saturated rings. The number of aromatic nitrogens is 1. The smallest absolute Gasteiger partial charge is 0.129 e. The minimum atomic E-state index is 0.542. The van der Waals surface area contributed by atoms with Crippen molar-refractivity contribution in [3.8, 4) is 0 Å². The summed E-state index contributed by atoms with van der Waals surface area (Å²) in [6, 6.07) is 3.74. The van der Waals surface area contributed by atoms with E-state index in [4.69, 9.17) is 17.3 Å². The lowest BCUT2D eigenvalue weighted by molar-refractivity contribution is 0.215. The molecular weight excluding hydrogens is 216 g/mol. The average molecular weight is 231 g/mol. The minimum Gasteiger partial charge on any atom is -0.398 e. The number of hydrogen-bond donors (Lipinski definition) is 2. The molecule has 0 aliphatic rings. The number of halogens is 1. The Morgan fingerprint density at radius 2 is 2.40 bits per heavy atom. The van der Waals surface area contributed by atoms with Crippen LogP contribution >= 0.6 is 11.6 Å². The van der Waals surface area contributed by atoms with Crippen molar-refractivity contribution >= 4 is 17.9 Å². The molecule has 0 saturated carbocycles. The van der Waals surface area contributed by atoms with Crippen LogP contribution in [-0.2, 0) is 11.4 Å². The predicted molar refractivity (Wildman–Crippen MR) is 61.7 cm³/mol. The molecule has 1 aromatic heterocycles. The Morgan fingerprint density at radius 3 is 2.73 bits per heavy atom. The lowest BCUT2D eigenvalue weighted by Crippen LogP contribution is -2.04. The van der Waals surface area contributed by atoms with Crippen molar-refractivity contribution in [2.75, 3.05) is 14.2 Å². The van der Waals surface area contributed by atoms with E-state index < -0.39 is 0 Å². The number of pyridine rings is 1. The fourth-order valence-electron chi connectivity index (χ4n) is 0.776. The maximum Gasteiger partial charge on any atom is 0.129 e. The van der Waals surface area contributed by atoms with E-state index in [-0.39, 0.29) is 0 Å². The van der Waals surface area contributed by atoms with Crippen molar-refractivity contribution in [1.82, 2.24) is 10.3 Å². The molecular formula is C9H15ClN4O. The van der Waals surface area contributed by atoms with Crippen molar-refractivity contribution < 1.29 is 4.84 Å². The second kappa shape index (κ2) is 9.23. The van der Waals surface area contributed by atoms with Crippen LogP contribution in [0.25, 0.3) is 0 Å². The van der Waals surface area contributed by atoms with Crippen molar-refractivity contribution in [3.63, 3.8) is 0 Å². The van der Waals surface area contributed by atoms with Gasteiger partial charge in [-0.3, -0.25) is 0 Å². The van der Waals surface area contributed by atoms with Gasteiger partial charge in [0, 0.05) is 12.7 Å². The molecule has 0 amide bonds. The SMILES string of the molecule is CNCc1ccc(Cl)nc1.CO/N=C\N. The molecule has 0 radical (unpaired) electrons. The topological polar surface area (TPSA) is 72.5 Å². The van der Waals surface area contributed by atoms with Gasteiger partial charge in [0.25, 0.3) is 0 Å². The maximum atomic E-state index is 5.58. The van der Waals surface area contributed by atoms with E-state index >= 15 is 0 Å². The lowest BCUT2D eigenvalue weighted by atomic mass is 10.3. The first-order valence-electron chi connectivity index (χ1n) is 4.26. The molecule has 0 bridgehead atoms. The highest BCUT2D eigenvalue weighted by atomic mass is 35.5. The van der Waals surface area contributed by atoms with Crippen LogP contribution in [0, 0.1) is 0 Å². The summed E-state index contributed by atoms with van der Waals surface area (Å²) in [6.45, 7) is 0.837. The molecule has 0 spiro atoms. The Labute approximate surface area is 94.3 Å². The fraction of sp³-hybridized carbons (Fsp3) is 0.333. The fourth-order valence-corrected chi connectivity index (χ4v) is 0.888. The van der Waals surface area contributed by atoms with Crippen molar-refractivity contribution in [2.24, 2.45) is 10.9 Å². The summed E-state index contributed by atoms with van der Waals surface area (Å²) < 4.78 is 0. The molecule has 1 heterocycles. The standard InChI is InChI=1S/C7H9ClN2.C2H6N2O/c1-9-4-6-2-3-7(8)10-5-6;1-5-4-2-3/h2-3,5,9H,4H2,1H3;2H,1H3,(H2,3,4). The summed E-state index contributed by atoms with van der Waals surface area (Å²) >= 11 is 5.58. The Balaban J connectivity index is 0.000000336. The number of hydrogen-bond acceptors (Lipinski definition) is 4. The van der Waals surface area contributed by atoms with E-state index in [1.807, 2.05) is 13.1 Å². The normalized spacial score (nSPS) is 9.53. The van der Waals surface area contributed by atoms with Crippen LogP contribution in [0.4, 0.5) is 0 Å². The third-order valence-electron chi connectivity index (χ3n) is 1.34. The van der Waals surface area contributed by atoms with E-state index in [0.717, 1.165) is 18.4 Å². The highest BCUT2D eigenvalue weighted by molar-refractivity contribution is 6.29. The largest absolute Gasteiger partial charge is 0.398 e. The summed E-state index contributed by atoms with van der Waals surface area (Å²) in [7, 11) is 3.33. The van der Waals surface area contributed by atoms with Crippen LogP contribution in [0.2, 0.25) is 5.15 Å². The van der Waals surface area contributed by atoms with Gasteiger partial charge in [0.15, 0.2) is 0 Å². The Bertz CT molecular complexity index is 276. The number of nitrogens with two attached hydrogens (primary N) is 1. The maximum absolute atomic E-state index is 5.58. The summed E-state index contributed by atoms with van der Waals surface area (Å²) in [5, 5.41) is 6.69. The van der Waals surface area contributed by atoms with Gasteiger partial charge in [-0.05, 0) is 18.7 Å². The summed E-state index contributed by atoms with van der Waals surface area (Å²) in [5.41, 5.74) is 5.87. The molecule has 3 N–H and O–H groups in total. The minimum absolute atomic E-state index is 0.542. The van der Waals surface area contributed by atoms with Gasteiger partial charge < -0.3 is 15.9 Å². The molecule has 5 nitrogen and oxygen atoms in total. The van der Waals surface area contributed by atoms with Gasteiger partial charge in [0.1, 0.15) is 18.6 Å². The first-order valence-corrected chi connectivity index (χ1v) is 4.64. The molecule has 0 saturated heterocycles. The van der Waals surface area contributed by atoms with Crippen LogP contribution in [0.1, 0.15) is 5.56 Å². The van der Waals surface area contributed by atoms with Crippen LogP contribution in [0.5, 0.6) is 0 Å². The lowest BCUT2D eigenvalue weighted by Gasteiger charge is -1.96. The first kappa shape index (κ1) is 13.7. The number of nitrogens with zero attached hydrogens (tertiary/aromatic N) is 2. The van der Waals surface area contributed by atoms with Gasteiger partial charge in [-0.25, -0.2) is 4.98 Å². The number of oxime groups is 1. The molecule has 15 heavy (non-hydrogen) atoms. The Morgan fingerprint density at radius 1 is 1.67 bits per heavy atom. The van der Waals surface area contributed by atoms with Crippen LogP contribution in [-0.4, -0.2) is 25.5 Å². The molecule has 0 aromatic carbocycles. The van der Waals surface area contributed by atoms with Gasteiger partial charge in [-0.15, -0.1) is 0 Å². The number of rotatable bonds is 3. The van der Waals surface area contributed by atoms with Crippen LogP contribution in [0.3, 0.4) is 0 Å². The average Bonchev–Trinajstić information content (AvgIpc) is 2.24. The van der Waals surface area contributed by atoms with E-state index in [0.29, 0.717) is 5.15 Å².